The van der Waals surface area contributed by atoms with Crippen LogP contribution in [0.25, 0.3) is 0 Å². The Hall–Kier alpha value is -0.980. The van der Waals surface area contributed by atoms with E-state index in [0.717, 1.165) is 11.5 Å². The summed E-state index contributed by atoms with van der Waals surface area (Å²) >= 11 is 1.78. The first-order valence-electron chi connectivity index (χ1n) is 4.92. The van der Waals surface area contributed by atoms with E-state index in [4.69, 9.17) is 5.26 Å². The van der Waals surface area contributed by atoms with E-state index in [1.54, 1.807) is 11.8 Å². The molecule has 0 radical (unpaired) electrons. The SMILES string of the molecule is CNC(C)(C#N)CSCc1ccccc1. The van der Waals surface area contributed by atoms with E-state index in [-0.39, 0.29) is 0 Å². The number of hydrogen-bond acceptors (Lipinski definition) is 3. The molecule has 0 fully saturated rings. The lowest BCUT2D eigenvalue weighted by Crippen LogP contribution is -2.40. The molecule has 0 heterocycles. The van der Waals surface area contributed by atoms with E-state index < -0.39 is 5.54 Å². The molecule has 0 amide bonds. The topological polar surface area (TPSA) is 35.8 Å². The molecule has 1 aromatic rings. The van der Waals surface area contributed by atoms with Gasteiger partial charge in [0.2, 0.25) is 0 Å². The van der Waals surface area contributed by atoms with Gasteiger partial charge in [-0.25, -0.2) is 0 Å². The van der Waals surface area contributed by atoms with Crippen LogP contribution in [0.2, 0.25) is 0 Å². The van der Waals surface area contributed by atoms with Crippen LogP contribution in [-0.2, 0) is 5.75 Å². The molecule has 3 heteroatoms. The average Bonchev–Trinajstić information content (AvgIpc) is 2.30. The lowest BCUT2D eigenvalue weighted by atomic mass is 10.1. The molecule has 1 N–H and O–H groups in total. The summed E-state index contributed by atoms with van der Waals surface area (Å²) in [5.74, 6) is 1.76. The van der Waals surface area contributed by atoms with E-state index in [1.165, 1.54) is 5.56 Å². The standard InChI is InChI=1S/C12H16N2S/c1-12(9-13,14-2)10-15-8-11-6-4-3-5-7-11/h3-7,14H,8,10H2,1-2H3. The molecule has 1 rings (SSSR count). The van der Waals surface area contributed by atoms with Gasteiger partial charge in [-0.05, 0) is 19.5 Å². The molecule has 15 heavy (non-hydrogen) atoms. The summed E-state index contributed by atoms with van der Waals surface area (Å²) in [6.07, 6.45) is 0. The minimum Gasteiger partial charge on any atom is -0.302 e. The van der Waals surface area contributed by atoms with Crippen molar-refractivity contribution < 1.29 is 0 Å². The van der Waals surface area contributed by atoms with Gasteiger partial charge in [0.1, 0.15) is 5.54 Å². The summed E-state index contributed by atoms with van der Waals surface area (Å²) < 4.78 is 0. The predicted molar refractivity (Wildman–Crippen MR) is 65.7 cm³/mol. The summed E-state index contributed by atoms with van der Waals surface area (Å²) in [6, 6.07) is 12.6. The van der Waals surface area contributed by atoms with Crippen molar-refractivity contribution in [2.45, 2.75) is 18.2 Å². The maximum atomic E-state index is 8.96. The third-order valence-corrected chi connectivity index (χ3v) is 3.62. The molecular formula is C12H16N2S. The summed E-state index contributed by atoms with van der Waals surface area (Å²) in [5.41, 5.74) is 0.887. The van der Waals surface area contributed by atoms with Crippen molar-refractivity contribution in [3.63, 3.8) is 0 Å². The molecular weight excluding hydrogens is 204 g/mol. The van der Waals surface area contributed by atoms with Crippen molar-refractivity contribution >= 4 is 11.8 Å². The third kappa shape index (κ3) is 3.94. The van der Waals surface area contributed by atoms with Crippen LogP contribution in [0.5, 0.6) is 0 Å². The van der Waals surface area contributed by atoms with E-state index in [0.29, 0.717) is 0 Å². The number of rotatable bonds is 5. The number of nitrogens with one attached hydrogen (secondary N) is 1. The van der Waals surface area contributed by atoms with Crippen molar-refractivity contribution in [3.05, 3.63) is 35.9 Å². The Morgan fingerprint density at radius 1 is 1.40 bits per heavy atom. The second kappa shape index (κ2) is 5.79. The molecule has 0 saturated carbocycles. The second-order valence-electron chi connectivity index (χ2n) is 3.67. The molecule has 0 saturated heterocycles. The zero-order chi connectivity index (χ0) is 11.1. The number of nitrogens with zero attached hydrogens (tertiary/aromatic N) is 1. The maximum absolute atomic E-state index is 8.96. The molecule has 80 valence electrons. The van der Waals surface area contributed by atoms with Crippen LogP contribution in [0, 0.1) is 11.3 Å². The molecule has 0 aliphatic rings. The second-order valence-corrected chi connectivity index (χ2v) is 4.66. The molecule has 1 atom stereocenters. The van der Waals surface area contributed by atoms with Gasteiger partial charge in [0.25, 0.3) is 0 Å². The minimum atomic E-state index is -0.417. The van der Waals surface area contributed by atoms with E-state index in [1.807, 2.05) is 32.2 Å². The van der Waals surface area contributed by atoms with Crippen LogP contribution in [0.3, 0.4) is 0 Å². The van der Waals surface area contributed by atoms with Gasteiger partial charge in [-0.15, -0.1) is 0 Å². The van der Waals surface area contributed by atoms with Crippen LogP contribution in [0.15, 0.2) is 30.3 Å². The normalized spacial score (nSPS) is 14.2. The van der Waals surface area contributed by atoms with Gasteiger partial charge in [-0.2, -0.15) is 17.0 Å². The molecule has 1 aromatic carbocycles. The van der Waals surface area contributed by atoms with Gasteiger partial charge in [0, 0.05) is 11.5 Å². The maximum Gasteiger partial charge on any atom is 0.112 e. The number of hydrogen-bond donors (Lipinski definition) is 1. The molecule has 0 bridgehead atoms. The minimum absolute atomic E-state index is 0.417. The van der Waals surface area contributed by atoms with E-state index in [9.17, 15) is 0 Å². The number of thioether (sulfide) groups is 1. The molecule has 0 aliphatic carbocycles. The van der Waals surface area contributed by atoms with Gasteiger partial charge in [0.15, 0.2) is 0 Å². The largest absolute Gasteiger partial charge is 0.302 e. The van der Waals surface area contributed by atoms with Gasteiger partial charge >= 0.3 is 0 Å². The summed E-state index contributed by atoms with van der Waals surface area (Å²) in [6.45, 7) is 1.92. The van der Waals surface area contributed by atoms with E-state index in [2.05, 4.69) is 23.5 Å². The van der Waals surface area contributed by atoms with Crippen LogP contribution in [0.1, 0.15) is 12.5 Å². The highest BCUT2D eigenvalue weighted by Crippen LogP contribution is 2.17. The first kappa shape index (κ1) is 12.1. The fraction of sp³-hybridized carbons (Fsp3) is 0.417. The molecule has 0 aromatic heterocycles. The Morgan fingerprint density at radius 3 is 2.60 bits per heavy atom. The van der Waals surface area contributed by atoms with Crippen molar-refractivity contribution in [1.29, 1.82) is 5.26 Å². The Labute approximate surface area is 95.7 Å². The van der Waals surface area contributed by atoms with Crippen molar-refractivity contribution in [3.8, 4) is 6.07 Å². The fourth-order valence-corrected chi connectivity index (χ4v) is 2.25. The lowest BCUT2D eigenvalue weighted by molar-refractivity contribution is 0.550. The van der Waals surface area contributed by atoms with Crippen LogP contribution in [0.4, 0.5) is 0 Å². The van der Waals surface area contributed by atoms with Crippen LogP contribution >= 0.6 is 11.8 Å². The van der Waals surface area contributed by atoms with Gasteiger partial charge in [-0.1, -0.05) is 30.3 Å². The summed E-state index contributed by atoms with van der Waals surface area (Å²) in [7, 11) is 1.83. The van der Waals surface area contributed by atoms with Crippen LogP contribution < -0.4 is 5.32 Å². The zero-order valence-electron chi connectivity index (χ0n) is 9.16. The van der Waals surface area contributed by atoms with Crippen molar-refractivity contribution in [2.75, 3.05) is 12.8 Å². The van der Waals surface area contributed by atoms with Crippen molar-refractivity contribution in [1.82, 2.24) is 5.32 Å². The molecule has 0 aliphatic heterocycles. The Morgan fingerprint density at radius 2 is 2.07 bits per heavy atom. The quantitative estimate of drug-likeness (QED) is 0.828. The Kier molecular flexibility index (Phi) is 4.67. The zero-order valence-corrected chi connectivity index (χ0v) is 9.97. The molecule has 0 spiro atoms. The monoisotopic (exact) mass is 220 g/mol. The Balaban J connectivity index is 2.37. The first-order chi connectivity index (χ1) is 7.20. The molecule has 1 unspecified atom stereocenters. The van der Waals surface area contributed by atoms with Gasteiger partial charge < -0.3 is 5.32 Å². The first-order valence-corrected chi connectivity index (χ1v) is 6.07. The predicted octanol–water partition coefficient (Wildman–Crippen LogP) is 2.42. The van der Waals surface area contributed by atoms with E-state index >= 15 is 0 Å². The lowest BCUT2D eigenvalue weighted by Gasteiger charge is -2.19. The highest BCUT2D eigenvalue weighted by molar-refractivity contribution is 7.98. The highest BCUT2D eigenvalue weighted by atomic mass is 32.2. The smallest absolute Gasteiger partial charge is 0.112 e. The van der Waals surface area contributed by atoms with Crippen molar-refractivity contribution in [2.24, 2.45) is 0 Å². The number of nitriles is 1. The Bertz CT molecular complexity index is 331. The van der Waals surface area contributed by atoms with Gasteiger partial charge in [-0.3, -0.25) is 0 Å². The molecule has 2 nitrogen and oxygen atoms in total. The third-order valence-electron chi connectivity index (χ3n) is 2.30. The fourth-order valence-electron chi connectivity index (χ4n) is 1.11. The summed E-state index contributed by atoms with van der Waals surface area (Å²) in [5, 5.41) is 12.0. The van der Waals surface area contributed by atoms with Gasteiger partial charge in [0.05, 0.1) is 6.07 Å². The highest BCUT2D eigenvalue weighted by Gasteiger charge is 2.20. The number of benzene rings is 1. The summed E-state index contributed by atoms with van der Waals surface area (Å²) in [4.78, 5) is 0. The van der Waals surface area contributed by atoms with Crippen LogP contribution in [-0.4, -0.2) is 18.3 Å². The average molecular weight is 220 g/mol.